The molecule has 2 N–H and O–H groups in total. The topological polar surface area (TPSA) is 83.5 Å². The van der Waals surface area contributed by atoms with Crippen LogP contribution in [0.15, 0.2) is 23.1 Å². The van der Waals surface area contributed by atoms with Crippen molar-refractivity contribution >= 4 is 20.6 Å². The molecule has 1 aliphatic heterocycles. The Kier molecular flexibility index (Phi) is 1.97. The van der Waals surface area contributed by atoms with Gasteiger partial charge in [0.2, 0.25) is 9.84 Å². The van der Waals surface area contributed by atoms with Gasteiger partial charge in [0.25, 0.3) is 5.12 Å². The van der Waals surface area contributed by atoms with Crippen LogP contribution in [-0.2, 0) is 14.6 Å². The van der Waals surface area contributed by atoms with Crippen molar-refractivity contribution in [3.8, 4) is 5.75 Å². The van der Waals surface area contributed by atoms with Crippen LogP contribution in [0.2, 0.25) is 0 Å². The molecule has 0 saturated carbocycles. The summed E-state index contributed by atoms with van der Waals surface area (Å²) >= 11 is 0. The minimum atomic E-state index is -3.95. The molecule has 1 heterocycles. The van der Waals surface area contributed by atoms with Crippen molar-refractivity contribution in [2.45, 2.75) is 17.9 Å². The average molecular weight is 227 g/mol. The Morgan fingerprint density at radius 3 is 2.73 bits per heavy atom. The predicted octanol–water partition coefficient (Wildman–Crippen LogP) is 0.506. The van der Waals surface area contributed by atoms with E-state index in [0.29, 0.717) is 5.69 Å². The highest BCUT2D eigenvalue weighted by Gasteiger charge is 2.36. The van der Waals surface area contributed by atoms with E-state index in [1.165, 1.54) is 19.1 Å². The summed E-state index contributed by atoms with van der Waals surface area (Å²) in [6.45, 7) is 1.48. The lowest BCUT2D eigenvalue weighted by Crippen LogP contribution is -2.37. The predicted molar refractivity (Wildman–Crippen MR) is 53.4 cm³/mol. The van der Waals surface area contributed by atoms with E-state index >= 15 is 0 Å². The number of phenols is 1. The summed E-state index contributed by atoms with van der Waals surface area (Å²) in [6.07, 6.45) is 0. The number of sulfone groups is 1. The molecule has 6 heteroatoms. The van der Waals surface area contributed by atoms with Crippen LogP contribution in [0.1, 0.15) is 6.92 Å². The molecular formula is C9H9NO4S. The molecule has 0 radical (unpaired) electrons. The molecule has 0 spiro atoms. The fraction of sp³-hybridized carbons (Fsp3) is 0.222. The number of carbonyl (C=O) groups excluding carboxylic acids is 1. The first-order chi connectivity index (χ1) is 6.93. The van der Waals surface area contributed by atoms with Gasteiger partial charge in [0.15, 0.2) is 0 Å². The number of hydrogen-bond acceptors (Lipinski definition) is 5. The molecule has 5 nitrogen and oxygen atoms in total. The molecule has 1 aromatic rings. The minimum absolute atomic E-state index is 0.161. The summed E-state index contributed by atoms with van der Waals surface area (Å²) in [6, 6.07) is 3.11. The summed E-state index contributed by atoms with van der Waals surface area (Å²) in [5, 5.41) is 11.0. The molecule has 80 valence electrons. The van der Waals surface area contributed by atoms with E-state index in [0.717, 1.165) is 6.07 Å². The molecule has 1 aliphatic rings. The summed E-state index contributed by atoms with van der Waals surface area (Å²) in [7, 11) is -3.95. The van der Waals surface area contributed by atoms with E-state index in [1.54, 1.807) is 0 Å². The maximum atomic E-state index is 11.7. The molecule has 1 aromatic carbocycles. The van der Waals surface area contributed by atoms with Crippen LogP contribution in [0.4, 0.5) is 5.69 Å². The first kappa shape index (κ1) is 9.97. The molecule has 0 saturated heterocycles. The van der Waals surface area contributed by atoms with Gasteiger partial charge in [-0.05, 0) is 19.1 Å². The lowest BCUT2D eigenvalue weighted by atomic mass is 10.2. The normalized spacial score (nSPS) is 23.0. The zero-order valence-electron chi connectivity index (χ0n) is 7.89. The first-order valence-electron chi connectivity index (χ1n) is 4.31. The molecule has 2 rings (SSSR count). The van der Waals surface area contributed by atoms with Crippen LogP contribution < -0.4 is 5.32 Å². The first-order valence-corrected chi connectivity index (χ1v) is 5.80. The van der Waals surface area contributed by atoms with Crippen LogP contribution >= 0.6 is 0 Å². The molecular weight excluding hydrogens is 218 g/mol. The second kappa shape index (κ2) is 2.96. The zero-order chi connectivity index (χ0) is 11.2. The van der Waals surface area contributed by atoms with Crippen LogP contribution in [-0.4, -0.2) is 24.7 Å². The second-order valence-corrected chi connectivity index (χ2v) is 5.22. The van der Waals surface area contributed by atoms with Gasteiger partial charge in [-0.3, -0.25) is 4.79 Å². The number of anilines is 1. The zero-order valence-corrected chi connectivity index (χ0v) is 8.71. The Hall–Kier alpha value is -1.56. The van der Waals surface area contributed by atoms with Crippen molar-refractivity contribution < 1.29 is 18.3 Å². The molecule has 0 fully saturated rings. The quantitative estimate of drug-likeness (QED) is 0.631. The third-order valence-electron chi connectivity index (χ3n) is 2.25. The van der Waals surface area contributed by atoms with E-state index in [9.17, 15) is 13.2 Å². The molecule has 15 heavy (non-hydrogen) atoms. The van der Waals surface area contributed by atoms with E-state index in [2.05, 4.69) is 5.32 Å². The summed E-state index contributed by atoms with van der Waals surface area (Å²) < 4.78 is 23.3. The van der Waals surface area contributed by atoms with Crippen molar-refractivity contribution in [2.24, 2.45) is 0 Å². The SMILES string of the molecule is CC1Nc2ccc(O)cc2S(=O)(=O)C1=O. The number of nitrogens with one attached hydrogen (secondary N) is 1. The van der Waals surface area contributed by atoms with Gasteiger partial charge in [-0.2, -0.15) is 0 Å². The van der Waals surface area contributed by atoms with Gasteiger partial charge < -0.3 is 10.4 Å². The molecule has 0 bridgehead atoms. The van der Waals surface area contributed by atoms with Gasteiger partial charge in [0, 0.05) is 6.07 Å². The van der Waals surface area contributed by atoms with Crippen LogP contribution in [0.3, 0.4) is 0 Å². The maximum absolute atomic E-state index is 11.7. The summed E-state index contributed by atoms with van der Waals surface area (Å²) in [4.78, 5) is 11.2. The molecule has 0 aliphatic carbocycles. The second-order valence-electron chi connectivity index (χ2n) is 3.37. The Labute approximate surface area is 86.7 Å². The van der Waals surface area contributed by atoms with Gasteiger partial charge in [0.05, 0.1) is 11.7 Å². The fourth-order valence-electron chi connectivity index (χ4n) is 1.49. The number of aromatic hydroxyl groups is 1. The van der Waals surface area contributed by atoms with Crippen LogP contribution in [0, 0.1) is 0 Å². The summed E-state index contributed by atoms with van der Waals surface area (Å²) in [5.74, 6) is -0.179. The van der Waals surface area contributed by atoms with Gasteiger partial charge in [-0.1, -0.05) is 0 Å². The van der Waals surface area contributed by atoms with Gasteiger partial charge in [-0.25, -0.2) is 8.42 Å². The highest BCUT2D eigenvalue weighted by Crippen LogP contribution is 2.31. The van der Waals surface area contributed by atoms with Gasteiger partial charge in [0.1, 0.15) is 10.6 Å². The number of hydrogen-bond donors (Lipinski definition) is 2. The van der Waals surface area contributed by atoms with Crippen molar-refractivity contribution in [3.63, 3.8) is 0 Å². The standard InChI is InChI=1S/C9H9NO4S/c1-5-9(12)15(13,14)8-4-6(11)2-3-7(8)10-5/h2-5,10-11H,1H3. The highest BCUT2D eigenvalue weighted by molar-refractivity contribution is 8.06. The van der Waals surface area contributed by atoms with E-state index in [1.807, 2.05) is 0 Å². The number of benzene rings is 1. The number of phenolic OH excluding ortho intramolecular Hbond substituents is 1. The van der Waals surface area contributed by atoms with E-state index in [4.69, 9.17) is 5.11 Å². The van der Waals surface area contributed by atoms with Crippen molar-refractivity contribution in [2.75, 3.05) is 5.32 Å². The van der Waals surface area contributed by atoms with Crippen LogP contribution in [0.25, 0.3) is 0 Å². The molecule has 0 amide bonds. The Morgan fingerprint density at radius 1 is 1.40 bits per heavy atom. The van der Waals surface area contributed by atoms with Gasteiger partial charge >= 0.3 is 0 Å². The third kappa shape index (κ3) is 1.37. The van der Waals surface area contributed by atoms with Crippen molar-refractivity contribution in [1.29, 1.82) is 0 Å². The fourth-order valence-corrected chi connectivity index (χ4v) is 2.92. The average Bonchev–Trinajstić information content (AvgIpc) is 2.17. The largest absolute Gasteiger partial charge is 0.508 e. The molecule has 0 aromatic heterocycles. The Balaban J connectivity index is 2.74. The number of rotatable bonds is 0. The lowest BCUT2D eigenvalue weighted by molar-refractivity contribution is -0.112. The van der Waals surface area contributed by atoms with Gasteiger partial charge in [-0.15, -0.1) is 0 Å². The molecule has 1 unspecified atom stereocenters. The smallest absolute Gasteiger partial charge is 0.272 e. The monoisotopic (exact) mass is 227 g/mol. The van der Waals surface area contributed by atoms with Crippen LogP contribution in [0.5, 0.6) is 5.75 Å². The van der Waals surface area contributed by atoms with E-state index in [-0.39, 0.29) is 10.6 Å². The summed E-state index contributed by atoms with van der Waals surface area (Å²) in [5.41, 5.74) is 0.347. The Morgan fingerprint density at radius 2 is 2.07 bits per heavy atom. The third-order valence-corrected chi connectivity index (χ3v) is 4.05. The lowest BCUT2D eigenvalue weighted by Gasteiger charge is -2.22. The maximum Gasteiger partial charge on any atom is 0.272 e. The number of fused-ring (bicyclic) bond motifs is 1. The Bertz CT molecular complexity index is 535. The number of carbonyl (C=O) groups is 1. The molecule has 1 atom stereocenters. The van der Waals surface area contributed by atoms with Crippen molar-refractivity contribution in [3.05, 3.63) is 18.2 Å². The van der Waals surface area contributed by atoms with Crippen molar-refractivity contribution in [1.82, 2.24) is 0 Å². The minimum Gasteiger partial charge on any atom is -0.508 e. The highest BCUT2D eigenvalue weighted by atomic mass is 32.2. The van der Waals surface area contributed by atoms with E-state index < -0.39 is 21.0 Å².